The van der Waals surface area contributed by atoms with Gasteiger partial charge >= 0.3 is 5.97 Å². The predicted molar refractivity (Wildman–Crippen MR) is 64.1 cm³/mol. The van der Waals surface area contributed by atoms with Crippen molar-refractivity contribution in [1.29, 1.82) is 0 Å². The summed E-state index contributed by atoms with van der Waals surface area (Å²) in [6.07, 6.45) is 4.30. The van der Waals surface area contributed by atoms with Crippen molar-refractivity contribution in [3.8, 4) is 0 Å². The first kappa shape index (κ1) is 13.5. The van der Waals surface area contributed by atoms with Crippen molar-refractivity contribution in [2.75, 3.05) is 26.7 Å². The van der Waals surface area contributed by atoms with Crippen molar-refractivity contribution >= 4 is 5.97 Å². The van der Waals surface area contributed by atoms with Crippen LogP contribution in [0.25, 0.3) is 0 Å². The second-order valence-corrected chi connectivity index (χ2v) is 4.65. The van der Waals surface area contributed by atoms with Crippen LogP contribution in [0.1, 0.15) is 32.6 Å². The number of methoxy groups -OCH3 is 1. The number of carbonyl (C=O) groups excluding carboxylic acids is 1. The van der Waals surface area contributed by atoms with Crippen molar-refractivity contribution in [2.45, 2.75) is 38.6 Å². The van der Waals surface area contributed by atoms with E-state index in [2.05, 4.69) is 16.6 Å². The largest absolute Gasteiger partial charge is 0.468 e. The smallest absolute Gasteiger partial charge is 0.322 e. The van der Waals surface area contributed by atoms with Crippen LogP contribution in [0.5, 0.6) is 0 Å². The first-order chi connectivity index (χ1) is 7.67. The first-order valence-corrected chi connectivity index (χ1v) is 6.23. The minimum Gasteiger partial charge on any atom is -0.468 e. The van der Waals surface area contributed by atoms with Gasteiger partial charge in [0.15, 0.2) is 0 Å². The molecular formula is C12H24N2O2. The molecule has 1 unspecified atom stereocenters. The Labute approximate surface area is 98.1 Å². The second kappa shape index (κ2) is 6.86. The maximum atomic E-state index is 11.2. The molecule has 1 rings (SSSR count). The Hall–Kier alpha value is -0.610. The SMILES string of the molecule is CCCN1CCC(CC(N)C(=O)OC)CC1. The van der Waals surface area contributed by atoms with E-state index in [1.807, 2.05) is 0 Å². The van der Waals surface area contributed by atoms with E-state index >= 15 is 0 Å². The van der Waals surface area contributed by atoms with Gasteiger partial charge in [-0.1, -0.05) is 6.92 Å². The molecule has 0 aliphatic carbocycles. The third kappa shape index (κ3) is 4.10. The highest BCUT2D eigenvalue weighted by atomic mass is 16.5. The average molecular weight is 228 g/mol. The standard InChI is InChI=1S/C12H24N2O2/c1-3-6-14-7-4-10(5-8-14)9-11(13)12(15)16-2/h10-11H,3-9,13H2,1-2H3. The Balaban J connectivity index is 2.24. The molecule has 1 aliphatic rings. The molecule has 0 aromatic rings. The van der Waals surface area contributed by atoms with Crippen LogP contribution < -0.4 is 5.73 Å². The molecule has 0 saturated carbocycles. The van der Waals surface area contributed by atoms with Gasteiger partial charge in [0.05, 0.1) is 7.11 Å². The number of carbonyl (C=O) groups is 1. The van der Waals surface area contributed by atoms with Gasteiger partial charge in [0.1, 0.15) is 6.04 Å². The van der Waals surface area contributed by atoms with Gasteiger partial charge in [0.25, 0.3) is 0 Å². The summed E-state index contributed by atoms with van der Waals surface area (Å²) < 4.78 is 4.64. The van der Waals surface area contributed by atoms with Crippen LogP contribution in [0, 0.1) is 5.92 Å². The molecule has 0 aromatic heterocycles. The molecule has 0 radical (unpaired) electrons. The molecule has 2 N–H and O–H groups in total. The molecule has 94 valence electrons. The highest BCUT2D eigenvalue weighted by Gasteiger charge is 2.23. The predicted octanol–water partition coefficient (Wildman–Crippen LogP) is 0.999. The summed E-state index contributed by atoms with van der Waals surface area (Å²) in [7, 11) is 1.39. The maximum absolute atomic E-state index is 11.2. The fourth-order valence-electron chi connectivity index (χ4n) is 2.37. The first-order valence-electron chi connectivity index (χ1n) is 6.23. The lowest BCUT2D eigenvalue weighted by atomic mass is 9.90. The van der Waals surface area contributed by atoms with E-state index in [1.165, 1.54) is 20.1 Å². The van der Waals surface area contributed by atoms with E-state index in [-0.39, 0.29) is 5.97 Å². The highest BCUT2D eigenvalue weighted by molar-refractivity contribution is 5.75. The zero-order valence-corrected chi connectivity index (χ0v) is 10.4. The number of nitrogens with two attached hydrogens (primary N) is 1. The molecule has 1 atom stereocenters. The van der Waals surface area contributed by atoms with E-state index < -0.39 is 6.04 Å². The van der Waals surface area contributed by atoms with Gasteiger partial charge in [-0.15, -0.1) is 0 Å². The molecule has 4 nitrogen and oxygen atoms in total. The molecule has 1 fully saturated rings. The van der Waals surface area contributed by atoms with E-state index in [4.69, 9.17) is 5.73 Å². The molecule has 0 amide bonds. The summed E-state index contributed by atoms with van der Waals surface area (Å²) in [5, 5.41) is 0. The number of hydrogen-bond donors (Lipinski definition) is 1. The number of ether oxygens (including phenoxy) is 1. The summed E-state index contributed by atoms with van der Waals surface area (Å²) in [6, 6.07) is -0.437. The summed E-state index contributed by atoms with van der Waals surface area (Å²) in [5.74, 6) is 0.304. The number of nitrogens with zero attached hydrogens (tertiary/aromatic N) is 1. The van der Waals surface area contributed by atoms with Gasteiger partial charge in [-0.3, -0.25) is 4.79 Å². The third-order valence-corrected chi connectivity index (χ3v) is 3.34. The molecular weight excluding hydrogens is 204 g/mol. The number of hydrogen-bond acceptors (Lipinski definition) is 4. The molecule has 1 saturated heterocycles. The molecule has 1 heterocycles. The van der Waals surface area contributed by atoms with E-state index in [9.17, 15) is 4.79 Å². The van der Waals surface area contributed by atoms with Gasteiger partial charge in [0, 0.05) is 0 Å². The van der Waals surface area contributed by atoms with E-state index in [1.54, 1.807) is 0 Å². The van der Waals surface area contributed by atoms with E-state index in [0.29, 0.717) is 5.92 Å². The quantitative estimate of drug-likeness (QED) is 0.713. The normalized spacial score (nSPS) is 20.7. The summed E-state index contributed by atoms with van der Waals surface area (Å²) in [4.78, 5) is 13.7. The fraction of sp³-hybridized carbons (Fsp3) is 0.917. The van der Waals surface area contributed by atoms with Gasteiger partial charge in [0.2, 0.25) is 0 Å². The third-order valence-electron chi connectivity index (χ3n) is 3.34. The minimum absolute atomic E-state index is 0.281. The molecule has 0 bridgehead atoms. The van der Waals surface area contributed by atoms with Crippen molar-refractivity contribution in [3.63, 3.8) is 0 Å². The van der Waals surface area contributed by atoms with Gasteiger partial charge in [-0.05, 0) is 51.2 Å². The zero-order chi connectivity index (χ0) is 12.0. The van der Waals surface area contributed by atoms with Crippen LogP contribution in [0.15, 0.2) is 0 Å². The summed E-state index contributed by atoms with van der Waals surface area (Å²) >= 11 is 0. The molecule has 1 aliphatic heterocycles. The molecule has 0 aromatic carbocycles. The molecule has 4 heteroatoms. The highest BCUT2D eigenvalue weighted by Crippen LogP contribution is 2.21. The minimum atomic E-state index is -0.437. The lowest BCUT2D eigenvalue weighted by Gasteiger charge is -2.32. The Morgan fingerprint density at radius 2 is 2.12 bits per heavy atom. The van der Waals surface area contributed by atoms with Crippen molar-refractivity contribution in [3.05, 3.63) is 0 Å². The number of piperidine rings is 1. The lowest BCUT2D eigenvalue weighted by molar-refractivity contribution is -0.142. The number of rotatable bonds is 5. The van der Waals surface area contributed by atoms with Gasteiger partial charge < -0.3 is 15.4 Å². The van der Waals surface area contributed by atoms with E-state index in [0.717, 1.165) is 32.4 Å². The maximum Gasteiger partial charge on any atom is 0.322 e. The zero-order valence-electron chi connectivity index (χ0n) is 10.4. The fourth-order valence-corrected chi connectivity index (χ4v) is 2.37. The van der Waals surface area contributed by atoms with Crippen LogP contribution in [0.4, 0.5) is 0 Å². The van der Waals surface area contributed by atoms with Crippen LogP contribution in [0.2, 0.25) is 0 Å². The van der Waals surface area contributed by atoms with Crippen molar-refractivity contribution in [2.24, 2.45) is 11.7 Å². The van der Waals surface area contributed by atoms with Crippen molar-refractivity contribution in [1.82, 2.24) is 4.90 Å². The Morgan fingerprint density at radius 3 is 2.62 bits per heavy atom. The molecule has 16 heavy (non-hydrogen) atoms. The van der Waals surface area contributed by atoms with Crippen LogP contribution in [0.3, 0.4) is 0 Å². The Bertz CT molecular complexity index is 213. The van der Waals surface area contributed by atoms with Gasteiger partial charge in [-0.2, -0.15) is 0 Å². The van der Waals surface area contributed by atoms with Crippen LogP contribution in [-0.2, 0) is 9.53 Å². The lowest BCUT2D eigenvalue weighted by Crippen LogP contribution is -2.39. The van der Waals surface area contributed by atoms with Crippen LogP contribution >= 0.6 is 0 Å². The summed E-state index contributed by atoms with van der Waals surface area (Å²) in [5.41, 5.74) is 5.76. The number of likely N-dealkylation sites (tertiary alicyclic amines) is 1. The monoisotopic (exact) mass is 228 g/mol. The topological polar surface area (TPSA) is 55.6 Å². The van der Waals surface area contributed by atoms with Gasteiger partial charge in [-0.25, -0.2) is 0 Å². The number of esters is 1. The summed E-state index contributed by atoms with van der Waals surface area (Å²) in [6.45, 7) is 5.69. The van der Waals surface area contributed by atoms with Crippen molar-refractivity contribution < 1.29 is 9.53 Å². The average Bonchev–Trinajstić information content (AvgIpc) is 2.31. The molecule has 0 spiro atoms. The second-order valence-electron chi connectivity index (χ2n) is 4.65. The Morgan fingerprint density at radius 1 is 1.50 bits per heavy atom. The van der Waals surface area contributed by atoms with Crippen LogP contribution in [-0.4, -0.2) is 43.7 Å². The Kier molecular flexibility index (Phi) is 5.77.